The third-order valence-corrected chi connectivity index (χ3v) is 4.89. The fraction of sp³-hybridized carbons (Fsp3) is 0.304. The molecule has 0 aliphatic carbocycles. The van der Waals surface area contributed by atoms with Gasteiger partial charge in [-0.2, -0.15) is 0 Å². The minimum atomic E-state index is -0.982. The van der Waals surface area contributed by atoms with Crippen LogP contribution in [0.25, 0.3) is 6.08 Å². The van der Waals surface area contributed by atoms with E-state index < -0.39 is 5.97 Å². The second-order valence-corrected chi connectivity index (χ2v) is 7.11. The standard InChI is InChI=1S/C23H26N2O3/c1-18(26)17-25(21-10-7-9-20(16-21)23(27)28)15-12-19-8-3-4-11-22(19)24-13-5-2-6-14-24/h3-4,7-12,15-16H,2,5-6,13-14,17H2,1H3,(H,27,28). The number of carbonyl (C=O) groups is 2. The second kappa shape index (κ2) is 9.22. The lowest BCUT2D eigenvalue weighted by atomic mass is 10.1. The molecule has 2 aromatic carbocycles. The predicted octanol–water partition coefficient (Wildman–Crippen LogP) is 4.44. The smallest absolute Gasteiger partial charge is 0.335 e. The van der Waals surface area contributed by atoms with Crippen LogP contribution in [0.5, 0.6) is 0 Å². The zero-order valence-electron chi connectivity index (χ0n) is 16.2. The number of ketones is 1. The van der Waals surface area contributed by atoms with Crippen LogP contribution in [0.1, 0.15) is 42.1 Å². The molecule has 2 aromatic rings. The lowest BCUT2D eigenvalue weighted by Gasteiger charge is -2.30. The van der Waals surface area contributed by atoms with Gasteiger partial charge in [-0.1, -0.05) is 24.3 Å². The van der Waals surface area contributed by atoms with Crippen LogP contribution in [0.2, 0.25) is 0 Å². The summed E-state index contributed by atoms with van der Waals surface area (Å²) in [6.07, 6.45) is 7.55. The molecule has 1 saturated heterocycles. The van der Waals surface area contributed by atoms with Crippen LogP contribution in [0.15, 0.2) is 54.7 Å². The number of para-hydroxylation sites is 1. The molecule has 5 nitrogen and oxygen atoms in total. The molecular weight excluding hydrogens is 352 g/mol. The summed E-state index contributed by atoms with van der Waals surface area (Å²) >= 11 is 0. The van der Waals surface area contributed by atoms with Crippen molar-refractivity contribution < 1.29 is 14.7 Å². The van der Waals surface area contributed by atoms with Gasteiger partial charge >= 0.3 is 5.97 Å². The van der Waals surface area contributed by atoms with Gasteiger partial charge in [0.15, 0.2) is 0 Å². The van der Waals surface area contributed by atoms with Crippen molar-refractivity contribution in [1.82, 2.24) is 0 Å². The van der Waals surface area contributed by atoms with E-state index in [4.69, 9.17) is 0 Å². The van der Waals surface area contributed by atoms with Crippen molar-refractivity contribution in [2.75, 3.05) is 29.4 Å². The van der Waals surface area contributed by atoms with Crippen LogP contribution in [0.3, 0.4) is 0 Å². The number of carboxylic acids is 1. The topological polar surface area (TPSA) is 60.9 Å². The van der Waals surface area contributed by atoms with Crippen LogP contribution in [-0.2, 0) is 4.79 Å². The van der Waals surface area contributed by atoms with Crippen molar-refractivity contribution in [1.29, 1.82) is 0 Å². The van der Waals surface area contributed by atoms with Crippen LogP contribution < -0.4 is 9.80 Å². The highest BCUT2D eigenvalue weighted by molar-refractivity contribution is 5.89. The number of carbonyl (C=O) groups excluding carboxylic acids is 1. The van der Waals surface area contributed by atoms with E-state index in [1.54, 1.807) is 23.1 Å². The van der Waals surface area contributed by atoms with Crippen molar-refractivity contribution >= 4 is 29.2 Å². The van der Waals surface area contributed by atoms with E-state index in [1.807, 2.05) is 30.5 Å². The van der Waals surface area contributed by atoms with Gasteiger partial charge in [-0.05, 0) is 62.1 Å². The Labute approximate surface area is 165 Å². The number of benzene rings is 2. The maximum Gasteiger partial charge on any atom is 0.335 e. The minimum Gasteiger partial charge on any atom is -0.478 e. The van der Waals surface area contributed by atoms with Gasteiger partial charge in [0, 0.05) is 30.7 Å². The van der Waals surface area contributed by atoms with E-state index in [0.29, 0.717) is 5.69 Å². The van der Waals surface area contributed by atoms with E-state index in [0.717, 1.165) is 18.7 Å². The average Bonchev–Trinajstić information content (AvgIpc) is 2.72. The fourth-order valence-corrected chi connectivity index (χ4v) is 3.51. The molecule has 0 unspecified atom stereocenters. The normalized spacial score (nSPS) is 14.2. The van der Waals surface area contributed by atoms with Gasteiger partial charge < -0.3 is 14.9 Å². The van der Waals surface area contributed by atoms with Gasteiger partial charge in [0.2, 0.25) is 0 Å². The van der Waals surface area contributed by atoms with Gasteiger partial charge in [0.05, 0.1) is 12.1 Å². The minimum absolute atomic E-state index is 0.00898. The van der Waals surface area contributed by atoms with Gasteiger partial charge in [-0.25, -0.2) is 4.79 Å². The Bertz CT molecular complexity index is 870. The van der Waals surface area contributed by atoms with Gasteiger partial charge in [-0.3, -0.25) is 4.79 Å². The quantitative estimate of drug-likeness (QED) is 0.772. The SMILES string of the molecule is CC(=O)CN(C=Cc1ccccc1N1CCCCC1)c1cccc(C(=O)O)c1. The number of hydrogen-bond donors (Lipinski definition) is 1. The number of anilines is 2. The third-order valence-electron chi connectivity index (χ3n) is 4.89. The van der Waals surface area contributed by atoms with Crippen molar-refractivity contribution in [3.05, 3.63) is 65.9 Å². The van der Waals surface area contributed by atoms with Gasteiger partial charge in [-0.15, -0.1) is 0 Å². The molecule has 146 valence electrons. The first-order chi connectivity index (χ1) is 13.5. The summed E-state index contributed by atoms with van der Waals surface area (Å²) in [5.41, 5.74) is 3.17. The van der Waals surface area contributed by atoms with Gasteiger partial charge in [0.25, 0.3) is 0 Å². The number of piperidine rings is 1. The molecule has 0 amide bonds. The number of Topliss-reactive ketones (excluding diaryl/α,β-unsaturated/α-hetero) is 1. The molecular formula is C23H26N2O3. The Morgan fingerprint density at radius 3 is 2.54 bits per heavy atom. The number of aromatic carboxylic acids is 1. The van der Waals surface area contributed by atoms with E-state index in [2.05, 4.69) is 17.0 Å². The summed E-state index contributed by atoms with van der Waals surface area (Å²) < 4.78 is 0. The summed E-state index contributed by atoms with van der Waals surface area (Å²) in [6, 6.07) is 14.9. The molecule has 1 fully saturated rings. The molecule has 0 bridgehead atoms. The third kappa shape index (κ3) is 5.00. The van der Waals surface area contributed by atoms with Crippen molar-refractivity contribution in [2.45, 2.75) is 26.2 Å². The summed E-state index contributed by atoms with van der Waals surface area (Å²) in [7, 11) is 0. The highest BCUT2D eigenvalue weighted by Crippen LogP contribution is 2.26. The highest BCUT2D eigenvalue weighted by atomic mass is 16.4. The molecule has 0 saturated carbocycles. The first-order valence-electron chi connectivity index (χ1n) is 9.66. The number of rotatable bonds is 7. The Morgan fingerprint density at radius 1 is 1.07 bits per heavy atom. The van der Waals surface area contributed by atoms with Crippen LogP contribution in [0, 0.1) is 0 Å². The molecule has 1 heterocycles. The average molecular weight is 378 g/mol. The van der Waals surface area contributed by atoms with Crippen LogP contribution >= 0.6 is 0 Å². The van der Waals surface area contributed by atoms with Gasteiger partial charge in [0.1, 0.15) is 5.78 Å². The molecule has 5 heteroatoms. The Hall–Kier alpha value is -3.08. The Morgan fingerprint density at radius 2 is 1.82 bits per heavy atom. The van der Waals surface area contributed by atoms with Crippen LogP contribution in [-0.4, -0.2) is 36.5 Å². The number of nitrogens with zero attached hydrogens (tertiary/aromatic N) is 2. The summed E-state index contributed by atoms with van der Waals surface area (Å²) in [6.45, 7) is 3.83. The molecule has 1 aliphatic heterocycles. The van der Waals surface area contributed by atoms with Crippen molar-refractivity contribution in [2.24, 2.45) is 0 Å². The Balaban J connectivity index is 1.89. The predicted molar refractivity (Wildman–Crippen MR) is 113 cm³/mol. The molecule has 0 spiro atoms. The molecule has 1 N–H and O–H groups in total. The summed E-state index contributed by atoms with van der Waals surface area (Å²) in [5.74, 6) is -0.973. The zero-order chi connectivity index (χ0) is 19.9. The molecule has 0 atom stereocenters. The lowest BCUT2D eigenvalue weighted by Crippen LogP contribution is -2.29. The zero-order valence-corrected chi connectivity index (χ0v) is 16.2. The molecule has 1 aliphatic rings. The number of hydrogen-bond acceptors (Lipinski definition) is 4. The van der Waals surface area contributed by atoms with E-state index in [-0.39, 0.29) is 17.9 Å². The first-order valence-corrected chi connectivity index (χ1v) is 9.66. The maximum atomic E-state index is 11.8. The molecule has 0 radical (unpaired) electrons. The van der Waals surface area contributed by atoms with E-state index in [9.17, 15) is 14.7 Å². The Kier molecular flexibility index (Phi) is 6.48. The molecule has 0 aromatic heterocycles. The number of carboxylic acid groups (broad SMARTS) is 1. The molecule has 28 heavy (non-hydrogen) atoms. The van der Waals surface area contributed by atoms with E-state index >= 15 is 0 Å². The molecule has 3 rings (SSSR count). The highest BCUT2D eigenvalue weighted by Gasteiger charge is 2.14. The van der Waals surface area contributed by atoms with Crippen molar-refractivity contribution in [3.63, 3.8) is 0 Å². The van der Waals surface area contributed by atoms with Crippen LogP contribution in [0.4, 0.5) is 11.4 Å². The van der Waals surface area contributed by atoms with Crippen molar-refractivity contribution in [3.8, 4) is 0 Å². The fourth-order valence-electron chi connectivity index (χ4n) is 3.51. The lowest BCUT2D eigenvalue weighted by molar-refractivity contribution is -0.115. The summed E-state index contributed by atoms with van der Waals surface area (Å²) in [5, 5.41) is 9.25. The second-order valence-electron chi connectivity index (χ2n) is 7.11. The largest absolute Gasteiger partial charge is 0.478 e. The monoisotopic (exact) mass is 378 g/mol. The first kappa shape index (κ1) is 19.7. The van der Waals surface area contributed by atoms with E-state index in [1.165, 1.54) is 31.9 Å². The summed E-state index contributed by atoms with van der Waals surface area (Å²) in [4.78, 5) is 27.3. The maximum absolute atomic E-state index is 11.8.